The highest BCUT2D eigenvalue weighted by atomic mass is 79.9. The van der Waals surface area contributed by atoms with Gasteiger partial charge in [0.2, 0.25) is 0 Å². The minimum Gasteiger partial charge on any atom is -0.291 e. The summed E-state index contributed by atoms with van der Waals surface area (Å²) in [5.41, 5.74) is 0.899. The van der Waals surface area contributed by atoms with E-state index >= 15 is 0 Å². The van der Waals surface area contributed by atoms with Gasteiger partial charge in [-0.05, 0) is 29.8 Å². The maximum atomic E-state index is 12.7. The van der Waals surface area contributed by atoms with Gasteiger partial charge in [-0.3, -0.25) is 9.78 Å². The van der Waals surface area contributed by atoms with Crippen LogP contribution in [0.5, 0.6) is 0 Å². The highest BCUT2D eigenvalue weighted by Crippen LogP contribution is 2.21. The summed E-state index contributed by atoms with van der Waals surface area (Å²) in [5, 5.41) is 0.768. The number of thioether (sulfide) groups is 1. The Morgan fingerprint density at radius 3 is 2.52 bits per heavy atom. The Hall–Kier alpha value is -2.71. The molecule has 8 heteroatoms. The fraction of sp³-hybridized carbons (Fsp3) is 0.0526. The van der Waals surface area contributed by atoms with Crippen molar-refractivity contribution < 1.29 is 0 Å². The molecule has 1 N–H and O–H groups in total. The quantitative estimate of drug-likeness (QED) is 0.387. The lowest BCUT2D eigenvalue weighted by atomic mass is 10.2. The smallest absolute Gasteiger partial charge is 0.291 e. The number of nitrogens with zero attached hydrogens (tertiary/aromatic N) is 3. The summed E-state index contributed by atoms with van der Waals surface area (Å²) >= 11 is 4.85. The highest BCUT2D eigenvalue weighted by Gasteiger charge is 2.12. The van der Waals surface area contributed by atoms with Gasteiger partial charge in [0.25, 0.3) is 5.56 Å². The van der Waals surface area contributed by atoms with Crippen LogP contribution >= 0.6 is 27.7 Å². The Labute approximate surface area is 166 Å². The van der Waals surface area contributed by atoms with Crippen molar-refractivity contribution in [2.45, 2.75) is 10.9 Å². The molecule has 2 aromatic carbocycles. The van der Waals surface area contributed by atoms with Gasteiger partial charge in [0.1, 0.15) is 5.39 Å². The number of aromatic nitrogens is 4. The molecule has 0 atom stereocenters. The lowest BCUT2D eigenvalue weighted by Gasteiger charge is -2.06. The molecule has 0 saturated heterocycles. The first kappa shape index (κ1) is 17.7. The van der Waals surface area contributed by atoms with Gasteiger partial charge >= 0.3 is 5.69 Å². The number of H-pyrrole nitrogens is 1. The second-order valence-electron chi connectivity index (χ2n) is 5.74. The average Bonchev–Trinajstić information content (AvgIpc) is 2.68. The number of rotatable bonds is 4. The predicted octanol–water partition coefficient (Wildman–Crippen LogP) is 3.52. The van der Waals surface area contributed by atoms with Gasteiger partial charge in [-0.15, -0.1) is 0 Å². The fourth-order valence-electron chi connectivity index (χ4n) is 2.60. The van der Waals surface area contributed by atoms with E-state index in [-0.39, 0.29) is 11.0 Å². The molecule has 2 heterocycles. The van der Waals surface area contributed by atoms with E-state index in [1.54, 1.807) is 24.3 Å². The number of para-hydroxylation sites is 1. The molecule has 0 bridgehead atoms. The SMILES string of the molecule is O=c1[nH]c2nc(SCc3ccc(Br)cc3)ncc2c(=O)n1-c1ccccc1. The van der Waals surface area contributed by atoms with E-state index in [9.17, 15) is 9.59 Å². The second-order valence-corrected chi connectivity index (χ2v) is 7.59. The third-order valence-electron chi connectivity index (χ3n) is 3.92. The number of nitrogens with one attached hydrogen (secondary N) is 1. The lowest BCUT2D eigenvalue weighted by molar-refractivity contribution is 0.877. The molecular weight excluding hydrogens is 428 g/mol. The van der Waals surface area contributed by atoms with Crippen molar-refractivity contribution in [3.63, 3.8) is 0 Å². The molecule has 27 heavy (non-hydrogen) atoms. The van der Waals surface area contributed by atoms with Crippen LogP contribution in [-0.4, -0.2) is 19.5 Å². The Morgan fingerprint density at radius 1 is 1.04 bits per heavy atom. The maximum absolute atomic E-state index is 12.7. The fourth-order valence-corrected chi connectivity index (χ4v) is 3.63. The van der Waals surface area contributed by atoms with Crippen molar-refractivity contribution in [3.8, 4) is 5.69 Å². The number of aromatic amines is 1. The number of fused-ring (bicyclic) bond motifs is 1. The number of halogens is 1. The highest BCUT2D eigenvalue weighted by molar-refractivity contribution is 9.10. The van der Waals surface area contributed by atoms with Crippen LogP contribution < -0.4 is 11.2 Å². The Morgan fingerprint density at radius 2 is 1.78 bits per heavy atom. The summed E-state index contributed by atoms with van der Waals surface area (Å²) < 4.78 is 2.10. The van der Waals surface area contributed by atoms with E-state index in [2.05, 4.69) is 30.9 Å². The molecule has 0 spiro atoms. The third kappa shape index (κ3) is 3.72. The monoisotopic (exact) mass is 440 g/mol. The molecule has 4 aromatic rings. The van der Waals surface area contributed by atoms with E-state index in [1.165, 1.54) is 18.0 Å². The first-order valence-electron chi connectivity index (χ1n) is 8.06. The lowest BCUT2D eigenvalue weighted by Crippen LogP contribution is -2.34. The summed E-state index contributed by atoms with van der Waals surface area (Å²) in [4.78, 5) is 36.4. The maximum Gasteiger partial charge on any atom is 0.334 e. The molecule has 134 valence electrons. The predicted molar refractivity (Wildman–Crippen MR) is 109 cm³/mol. The summed E-state index contributed by atoms with van der Waals surface area (Å²) in [6.45, 7) is 0. The zero-order valence-corrected chi connectivity index (χ0v) is 16.3. The van der Waals surface area contributed by atoms with Gasteiger partial charge in [-0.1, -0.05) is 58.0 Å². The van der Waals surface area contributed by atoms with Gasteiger partial charge in [0.05, 0.1) is 5.69 Å². The standard InChI is InChI=1S/C19H13BrN4O2S/c20-13-8-6-12(7-9-13)11-27-18-21-10-15-16(22-18)23-19(26)24(17(15)25)14-4-2-1-3-5-14/h1-10H,11H2,(H,21,22,23,26). The van der Waals surface area contributed by atoms with Crippen molar-refractivity contribution >= 4 is 38.7 Å². The van der Waals surface area contributed by atoms with Crippen LogP contribution in [0.4, 0.5) is 0 Å². The normalized spacial score (nSPS) is 11.0. The van der Waals surface area contributed by atoms with Gasteiger partial charge in [-0.2, -0.15) is 0 Å². The minimum atomic E-state index is -0.527. The van der Waals surface area contributed by atoms with Crippen LogP contribution in [0.2, 0.25) is 0 Å². The van der Waals surface area contributed by atoms with E-state index in [1.807, 2.05) is 30.3 Å². The molecule has 6 nitrogen and oxygen atoms in total. The Balaban J connectivity index is 1.68. The molecule has 0 fully saturated rings. The van der Waals surface area contributed by atoms with Gasteiger partial charge < -0.3 is 0 Å². The molecule has 0 unspecified atom stereocenters. The first-order valence-corrected chi connectivity index (χ1v) is 9.84. The average molecular weight is 441 g/mol. The molecule has 0 radical (unpaired) electrons. The summed E-state index contributed by atoms with van der Waals surface area (Å²) in [5.74, 6) is 0.685. The second kappa shape index (κ2) is 7.50. The molecule has 4 rings (SSSR count). The van der Waals surface area contributed by atoms with Crippen LogP contribution in [0, 0.1) is 0 Å². The van der Waals surface area contributed by atoms with Crippen LogP contribution in [0.15, 0.2) is 80.0 Å². The molecule has 0 aliphatic carbocycles. The Kier molecular flexibility index (Phi) is 4.91. The number of hydrogen-bond acceptors (Lipinski definition) is 5. The van der Waals surface area contributed by atoms with E-state index in [0.29, 0.717) is 16.6 Å². The number of benzene rings is 2. The topological polar surface area (TPSA) is 80.6 Å². The van der Waals surface area contributed by atoms with Crippen LogP contribution in [0.1, 0.15) is 5.56 Å². The Bertz CT molecular complexity index is 1220. The molecule has 0 aliphatic rings. The largest absolute Gasteiger partial charge is 0.334 e. The van der Waals surface area contributed by atoms with Crippen LogP contribution in [0.25, 0.3) is 16.7 Å². The van der Waals surface area contributed by atoms with E-state index in [4.69, 9.17) is 0 Å². The summed E-state index contributed by atoms with van der Waals surface area (Å²) in [7, 11) is 0. The molecule has 0 aliphatic heterocycles. The zero-order chi connectivity index (χ0) is 18.8. The van der Waals surface area contributed by atoms with Crippen molar-refractivity contribution in [2.75, 3.05) is 0 Å². The third-order valence-corrected chi connectivity index (χ3v) is 5.39. The molecular formula is C19H13BrN4O2S. The van der Waals surface area contributed by atoms with Crippen molar-refractivity contribution in [1.82, 2.24) is 19.5 Å². The molecule has 0 saturated carbocycles. The zero-order valence-electron chi connectivity index (χ0n) is 13.9. The van der Waals surface area contributed by atoms with Crippen molar-refractivity contribution in [2.24, 2.45) is 0 Å². The molecule has 0 amide bonds. The van der Waals surface area contributed by atoms with Gasteiger partial charge in [0.15, 0.2) is 10.8 Å². The van der Waals surface area contributed by atoms with Gasteiger partial charge in [0, 0.05) is 16.4 Å². The summed E-state index contributed by atoms with van der Waals surface area (Å²) in [6, 6.07) is 16.7. The van der Waals surface area contributed by atoms with Crippen molar-refractivity contribution in [1.29, 1.82) is 0 Å². The molecule has 2 aromatic heterocycles. The van der Waals surface area contributed by atoms with Crippen molar-refractivity contribution in [3.05, 3.63) is 91.7 Å². The van der Waals surface area contributed by atoms with Crippen LogP contribution in [0.3, 0.4) is 0 Å². The van der Waals surface area contributed by atoms with E-state index in [0.717, 1.165) is 14.6 Å². The van der Waals surface area contributed by atoms with Gasteiger partial charge in [-0.25, -0.2) is 19.3 Å². The summed E-state index contributed by atoms with van der Waals surface area (Å²) in [6.07, 6.45) is 1.46. The number of hydrogen-bond donors (Lipinski definition) is 1. The first-order chi connectivity index (χ1) is 13.1. The van der Waals surface area contributed by atoms with Crippen LogP contribution in [-0.2, 0) is 5.75 Å². The minimum absolute atomic E-state index is 0.241. The van der Waals surface area contributed by atoms with E-state index < -0.39 is 11.2 Å².